The van der Waals surface area contributed by atoms with Gasteiger partial charge in [-0.3, -0.25) is 9.59 Å². The van der Waals surface area contributed by atoms with E-state index >= 15 is 0 Å². The van der Waals surface area contributed by atoms with Crippen molar-refractivity contribution in [1.82, 2.24) is 0 Å². The minimum absolute atomic E-state index is 0.00341. The molecule has 162 valence electrons. The average Bonchev–Trinajstić information content (AvgIpc) is 2.67. The van der Waals surface area contributed by atoms with Crippen LogP contribution in [0.4, 0.5) is 13.2 Å². The first-order valence-corrected chi connectivity index (χ1v) is 8.75. The molecule has 0 spiro atoms. The molecule has 0 radical (unpaired) electrons. The number of hydrogen-bond donors (Lipinski definition) is 3. The van der Waals surface area contributed by atoms with Crippen molar-refractivity contribution in [1.29, 1.82) is 0 Å². The van der Waals surface area contributed by atoms with E-state index in [2.05, 4.69) is 4.74 Å². The Morgan fingerprint density at radius 1 is 1.27 bits per heavy atom. The van der Waals surface area contributed by atoms with E-state index in [9.17, 15) is 38.1 Å². The largest absolute Gasteiger partial charge is 0.508 e. The van der Waals surface area contributed by atoms with Crippen LogP contribution >= 0.6 is 0 Å². The second kappa shape index (κ2) is 7.65. The molecule has 2 aromatic rings. The van der Waals surface area contributed by atoms with Crippen molar-refractivity contribution in [2.45, 2.75) is 31.4 Å². The number of phenolic OH excluding ortho intramolecular Hbond substituents is 1. The lowest BCUT2D eigenvalue weighted by molar-refractivity contribution is -0.360. The number of halogens is 3. The lowest BCUT2D eigenvalue weighted by atomic mass is 9.76. The summed E-state index contributed by atoms with van der Waals surface area (Å²) >= 11 is 0. The smallest absolute Gasteiger partial charge is 0.456 e. The van der Waals surface area contributed by atoms with E-state index in [1.165, 1.54) is 19.1 Å². The van der Waals surface area contributed by atoms with Gasteiger partial charge in [0.15, 0.2) is 5.76 Å². The third-order valence-corrected chi connectivity index (χ3v) is 4.63. The molecule has 0 amide bonds. The minimum Gasteiger partial charge on any atom is -0.508 e. The molecule has 0 saturated heterocycles. The topological polar surface area (TPSA) is 126 Å². The van der Waals surface area contributed by atoms with E-state index in [0.717, 1.165) is 12.1 Å². The van der Waals surface area contributed by atoms with Gasteiger partial charge in [-0.15, -0.1) is 0 Å². The van der Waals surface area contributed by atoms with Crippen LogP contribution in [0.25, 0.3) is 0 Å². The van der Waals surface area contributed by atoms with Crippen LogP contribution in [0.2, 0.25) is 0 Å². The van der Waals surface area contributed by atoms with Crippen molar-refractivity contribution in [3.63, 3.8) is 0 Å². The summed E-state index contributed by atoms with van der Waals surface area (Å²) in [5.41, 5.74) is -1.09. The van der Waals surface area contributed by atoms with Crippen LogP contribution < -0.4 is 10.2 Å². The van der Waals surface area contributed by atoms with Gasteiger partial charge in [0.1, 0.15) is 24.0 Å². The van der Waals surface area contributed by atoms with Crippen molar-refractivity contribution < 1.29 is 47.2 Å². The van der Waals surface area contributed by atoms with E-state index in [-0.39, 0.29) is 23.7 Å². The third kappa shape index (κ3) is 3.50. The molecule has 30 heavy (non-hydrogen) atoms. The van der Waals surface area contributed by atoms with Crippen LogP contribution in [0.1, 0.15) is 29.9 Å². The van der Waals surface area contributed by atoms with Gasteiger partial charge in [-0.05, 0) is 24.6 Å². The van der Waals surface area contributed by atoms with Gasteiger partial charge in [-0.1, -0.05) is 12.1 Å². The van der Waals surface area contributed by atoms with Crippen molar-refractivity contribution in [2.24, 2.45) is 5.92 Å². The van der Waals surface area contributed by atoms with Crippen LogP contribution in [0.5, 0.6) is 11.5 Å². The summed E-state index contributed by atoms with van der Waals surface area (Å²) in [5, 5.41) is 29.4. The molecule has 3 N–H and O–H groups in total. The first-order valence-electron chi connectivity index (χ1n) is 8.75. The fraction of sp³-hybridized carbons (Fsp3) is 0.368. The summed E-state index contributed by atoms with van der Waals surface area (Å²) < 4.78 is 56.5. The van der Waals surface area contributed by atoms with Gasteiger partial charge in [0.25, 0.3) is 0 Å². The number of benzene rings is 1. The van der Waals surface area contributed by atoms with Gasteiger partial charge in [0.2, 0.25) is 11.2 Å². The summed E-state index contributed by atoms with van der Waals surface area (Å²) in [6.07, 6.45) is -5.50. The molecule has 0 saturated carbocycles. The molecule has 0 bridgehead atoms. The lowest BCUT2D eigenvalue weighted by Crippen LogP contribution is -2.62. The molecule has 3 unspecified atom stereocenters. The molecule has 0 aliphatic carbocycles. The van der Waals surface area contributed by atoms with E-state index in [1.807, 2.05) is 0 Å². The van der Waals surface area contributed by atoms with Crippen molar-refractivity contribution in [3.8, 4) is 11.5 Å². The van der Waals surface area contributed by atoms with Gasteiger partial charge < -0.3 is 29.2 Å². The third-order valence-electron chi connectivity index (χ3n) is 4.63. The zero-order chi connectivity index (χ0) is 22.3. The Balaban J connectivity index is 2.37. The molecule has 2 heterocycles. The Morgan fingerprint density at radius 2 is 1.90 bits per heavy atom. The van der Waals surface area contributed by atoms with Crippen molar-refractivity contribution in [2.75, 3.05) is 6.61 Å². The zero-order valence-corrected chi connectivity index (χ0v) is 15.5. The first kappa shape index (κ1) is 21.7. The standard InChI is InChI=1S/C19H17F3O8/c1-2-28-17(26)14-13(9-3-5-10(24)6-4-9)16-15(12(25)7-11(8-23)29-16)30-18(14,27)19(20,21)22/h3-7,13-14,23-24,27H,2,8H2,1H3. The fourth-order valence-corrected chi connectivity index (χ4v) is 3.32. The molecule has 8 nitrogen and oxygen atoms in total. The predicted octanol–water partition coefficient (Wildman–Crippen LogP) is 1.79. The van der Waals surface area contributed by atoms with E-state index < -0.39 is 53.3 Å². The Bertz CT molecular complexity index is 998. The maximum Gasteiger partial charge on any atom is 0.456 e. The van der Waals surface area contributed by atoms with Gasteiger partial charge in [-0.25, -0.2) is 0 Å². The monoisotopic (exact) mass is 430 g/mol. The highest BCUT2D eigenvalue weighted by atomic mass is 19.4. The van der Waals surface area contributed by atoms with Gasteiger partial charge >= 0.3 is 17.9 Å². The van der Waals surface area contributed by atoms with Crippen LogP contribution in [-0.4, -0.2) is 39.9 Å². The molecule has 1 aromatic heterocycles. The minimum atomic E-state index is -5.50. The summed E-state index contributed by atoms with van der Waals surface area (Å²) in [6.45, 7) is 0.319. The van der Waals surface area contributed by atoms with Gasteiger partial charge in [-0.2, -0.15) is 13.2 Å². The number of ether oxygens (including phenoxy) is 2. The number of esters is 1. The lowest BCUT2D eigenvalue weighted by Gasteiger charge is -2.43. The number of rotatable bonds is 4. The Labute approximate surface area is 167 Å². The highest BCUT2D eigenvalue weighted by molar-refractivity contribution is 5.77. The Morgan fingerprint density at radius 3 is 2.43 bits per heavy atom. The molecule has 1 aliphatic rings. The zero-order valence-electron chi connectivity index (χ0n) is 15.5. The van der Waals surface area contributed by atoms with Crippen LogP contribution in [-0.2, 0) is 16.1 Å². The number of fused-ring (bicyclic) bond motifs is 1. The van der Waals surface area contributed by atoms with E-state index in [4.69, 9.17) is 9.15 Å². The molecule has 1 aromatic carbocycles. The summed E-state index contributed by atoms with van der Waals surface area (Å²) in [7, 11) is 0. The Hall–Kier alpha value is -3.05. The normalized spacial score (nSPS) is 23.4. The maximum absolute atomic E-state index is 13.9. The highest BCUT2D eigenvalue weighted by Gasteiger charge is 2.70. The van der Waals surface area contributed by atoms with Crippen molar-refractivity contribution in [3.05, 3.63) is 57.6 Å². The molecule has 1 aliphatic heterocycles. The summed E-state index contributed by atoms with van der Waals surface area (Å²) in [6, 6.07) is 5.41. The molecule has 0 fully saturated rings. The molecule has 11 heteroatoms. The number of aliphatic hydroxyl groups excluding tert-OH is 1. The SMILES string of the molecule is CCOC(=O)C1C(c2ccc(O)cc2)c2oc(CO)cc(=O)c2OC1(O)C(F)(F)F. The number of phenols is 1. The number of carbonyl (C=O) groups excluding carboxylic acids is 1. The fourth-order valence-electron chi connectivity index (χ4n) is 3.32. The second-order valence-corrected chi connectivity index (χ2v) is 6.52. The number of aliphatic hydroxyl groups is 2. The summed E-state index contributed by atoms with van der Waals surface area (Å²) in [5.74, 6) is -11.6. The maximum atomic E-state index is 13.9. The first-order chi connectivity index (χ1) is 14.0. The number of carbonyl (C=O) groups is 1. The number of aromatic hydroxyl groups is 1. The number of alkyl halides is 3. The Kier molecular flexibility index (Phi) is 5.52. The predicted molar refractivity (Wildman–Crippen MR) is 92.6 cm³/mol. The van der Waals surface area contributed by atoms with E-state index in [0.29, 0.717) is 6.07 Å². The van der Waals surface area contributed by atoms with Gasteiger partial charge in [0, 0.05) is 6.07 Å². The average molecular weight is 430 g/mol. The van der Waals surface area contributed by atoms with E-state index in [1.54, 1.807) is 0 Å². The van der Waals surface area contributed by atoms with Crippen LogP contribution in [0.15, 0.2) is 39.5 Å². The molecule has 3 atom stereocenters. The van der Waals surface area contributed by atoms with Crippen LogP contribution in [0.3, 0.4) is 0 Å². The quantitative estimate of drug-likeness (QED) is 0.627. The molecular weight excluding hydrogens is 413 g/mol. The highest BCUT2D eigenvalue weighted by Crippen LogP contribution is 2.52. The second-order valence-electron chi connectivity index (χ2n) is 6.52. The van der Waals surface area contributed by atoms with Crippen LogP contribution in [0, 0.1) is 5.92 Å². The summed E-state index contributed by atoms with van der Waals surface area (Å²) in [4.78, 5) is 24.9. The van der Waals surface area contributed by atoms with Crippen molar-refractivity contribution >= 4 is 5.97 Å². The van der Waals surface area contributed by atoms with Gasteiger partial charge in [0.05, 0.1) is 12.5 Å². The number of hydrogen-bond acceptors (Lipinski definition) is 8. The molecular formula is C19H17F3O8. The molecule has 3 rings (SSSR count).